The van der Waals surface area contributed by atoms with Crippen LogP contribution in [0, 0.1) is 5.92 Å². The molecule has 1 aromatic heterocycles. The molecular formula is C16H29N3O2S. The van der Waals surface area contributed by atoms with E-state index >= 15 is 0 Å². The summed E-state index contributed by atoms with van der Waals surface area (Å²) in [4.78, 5) is 16.3. The van der Waals surface area contributed by atoms with Crippen LogP contribution in [0.5, 0.6) is 0 Å². The van der Waals surface area contributed by atoms with Crippen LogP contribution in [0.2, 0.25) is 0 Å². The van der Waals surface area contributed by atoms with Crippen LogP contribution in [0.25, 0.3) is 0 Å². The van der Waals surface area contributed by atoms with E-state index in [1.165, 1.54) is 0 Å². The lowest BCUT2D eigenvalue weighted by atomic mass is 9.98. The standard InChI is InChI=1S/C16H29N3O2S/c1-11(8-12(2)20)9-18-15(21)17-7-6-13-10-22-14(19-13)16(3,4)5/h10-12,20H,6-9H2,1-5H3,(H2,17,18,21). The molecule has 0 aliphatic carbocycles. The van der Waals surface area contributed by atoms with Crippen molar-refractivity contribution < 1.29 is 9.90 Å². The molecule has 1 rings (SSSR count). The minimum atomic E-state index is -0.332. The van der Waals surface area contributed by atoms with Gasteiger partial charge in [0.05, 0.1) is 16.8 Å². The van der Waals surface area contributed by atoms with E-state index in [0.29, 0.717) is 19.5 Å². The van der Waals surface area contributed by atoms with Gasteiger partial charge in [-0.2, -0.15) is 0 Å². The molecule has 5 nitrogen and oxygen atoms in total. The number of amides is 2. The average Bonchev–Trinajstić information content (AvgIpc) is 2.84. The third-order valence-corrected chi connectivity index (χ3v) is 4.53. The summed E-state index contributed by atoms with van der Waals surface area (Å²) >= 11 is 1.67. The van der Waals surface area contributed by atoms with E-state index in [-0.39, 0.29) is 23.5 Å². The predicted octanol–water partition coefficient (Wildman–Crippen LogP) is 2.69. The summed E-state index contributed by atoms with van der Waals surface area (Å²) in [6.07, 6.45) is 1.10. The van der Waals surface area contributed by atoms with Gasteiger partial charge in [0.15, 0.2) is 0 Å². The van der Waals surface area contributed by atoms with Crippen molar-refractivity contribution in [3.63, 3.8) is 0 Å². The van der Waals surface area contributed by atoms with Gasteiger partial charge in [-0.1, -0.05) is 27.7 Å². The molecule has 0 aliphatic rings. The number of aliphatic hydroxyl groups is 1. The summed E-state index contributed by atoms with van der Waals surface area (Å²) in [5.41, 5.74) is 1.10. The van der Waals surface area contributed by atoms with Crippen molar-refractivity contribution >= 4 is 17.4 Å². The molecule has 0 saturated heterocycles. The first kappa shape index (κ1) is 18.9. The van der Waals surface area contributed by atoms with Crippen molar-refractivity contribution in [2.24, 2.45) is 5.92 Å². The fourth-order valence-corrected chi connectivity index (χ4v) is 3.01. The third kappa shape index (κ3) is 7.22. The number of thiazole rings is 1. The zero-order valence-electron chi connectivity index (χ0n) is 14.3. The fraction of sp³-hybridized carbons (Fsp3) is 0.750. The van der Waals surface area contributed by atoms with Crippen molar-refractivity contribution in [1.82, 2.24) is 15.6 Å². The molecule has 2 unspecified atom stereocenters. The molecule has 1 aromatic rings. The number of carbonyl (C=O) groups excluding carboxylic acids is 1. The minimum Gasteiger partial charge on any atom is -0.393 e. The van der Waals surface area contributed by atoms with Crippen LogP contribution in [-0.4, -0.2) is 35.3 Å². The normalized spacial score (nSPS) is 14.5. The summed E-state index contributed by atoms with van der Waals surface area (Å²) < 4.78 is 0. The maximum atomic E-state index is 11.7. The van der Waals surface area contributed by atoms with Gasteiger partial charge in [-0.05, 0) is 19.3 Å². The highest BCUT2D eigenvalue weighted by Gasteiger charge is 2.17. The first-order valence-electron chi connectivity index (χ1n) is 7.83. The van der Waals surface area contributed by atoms with Crippen LogP contribution in [0.3, 0.4) is 0 Å². The van der Waals surface area contributed by atoms with Crippen LogP contribution in [-0.2, 0) is 11.8 Å². The molecule has 0 saturated carbocycles. The maximum absolute atomic E-state index is 11.7. The molecule has 0 radical (unpaired) electrons. The molecule has 2 amide bonds. The fourth-order valence-electron chi connectivity index (χ4n) is 2.07. The number of urea groups is 1. The van der Waals surface area contributed by atoms with Crippen molar-refractivity contribution in [2.75, 3.05) is 13.1 Å². The van der Waals surface area contributed by atoms with E-state index in [9.17, 15) is 9.90 Å². The highest BCUT2D eigenvalue weighted by atomic mass is 32.1. The number of hydrogen-bond donors (Lipinski definition) is 3. The van der Waals surface area contributed by atoms with Gasteiger partial charge in [-0.25, -0.2) is 9.78 Å². The van der Waals surface area contributed by atoms with Crippen molar-refractivity contribution in [2.45, 2.75) is 59.0 Å². The van der Waals surface area contributed by atoms with Gasteiger partial charge < -0.3 is 15.7 Å². The summed E-state index contributed by atoms with van der Waals surface area (Å²) in [5.74, 6) is 0.263. The van der Waals surface area contributed by atoms with Crippen LogP contribution >= 0.6 is 11.3 Å². The summed E-state index contributed by atoms with van der Waals surface area (Å²) in [6.45, 7) is 11.4. The van der Waals surface area contributed by atoms with Crippen molar-refractivity contribution in [3.05, 3.63) is 16.1 Å². The molecule has 0 fully saturated rings. The van der Waals surface area contributed by atoms with Crippen molar-refractivity contribution in [1.29, 1.82) is 0 Å². The van der Waals surface area contributed by atoms with Crippen LogP contribution in [0.4, 0.5) is 4.79 Å². The SMILES string of the molecule is CC(O)CC(C)CNC(=O)NCCc1csc(C(C)(C)C)n1. The Bertz CT molecular complexity index is 466. The summed E-state index contributed by atoms with van der Waals surface area (Å²) in [6, 6.07) is -0.163. The Hall–Kier alpha value is -1.14. The van der Waals surface area contributed by atoms with Crippen LogP contribution in [0.15, 0.2) is 5.38 Å². The molecule has 0 aliphatic heterocycles. The Morgan fingerprint density at radius 2 is 2.05 bits per heavy atom. The molecule has 1 heterocycles. The Balaban J connectivity index is 2.24. The second kappa shape index (κ2) is 8.48. The lowest BCUT2D eigenvalue weighted by Gasteiger charge is -2.14. The Morgan fingerprint density at radius 3 is 2.59 bits per heavy atom. The number of aromatic nitrogens is 1. The Labute approximate surface area is 137 Å². The highest BCUT2D eigenvalue weighted by Crippen LogP contribution is 2.25. The monoisotopic (exact) mass is 327 g/mol. The number of nitrogens with zero attached hydrogens (tertiary/aromatic N) is 1. The van der Waals surface area contributed by atoms with Gasteiger partial charge in [-0.3, -0.25) is 0 Å². The van der Waals surface area contributed by atoms with E-state index in [0.717, 1.165) is 17.1 Å². The zero-order valence-corrected chi connectivity index (χ0v) is 15.1. The molecule has 3 N–H and O–H groups in total. The second-order valence-corrected chi connectivity index (χ2v) is 7.83. The second-order valence-electron chi connectivity index (χ2n) is 6.97. The average molecular weight is 327 g/mol. The van der Waals surface area contributed by atoms with Crippen LogP contribution < -0.4 is 10.6 Å². The topological polar surface area (TPSA) is 74.2 Å². The van der Waals surface area contributed by atoms with Gasteiger partial charge in [0.2, 0.25) is 0 Å². The Morgan fingerprint density at radius 1 is 1.36 bits per heavy atom. The van der Waals surface area contributed by atoms with E-state index in [1.807, 2.05) is 6.92 Å². The number of nitrogens with one attached hydrogen (secondary N) is 2. The molecule has 22 heavy (non-hydrogen) atoms. The van der Waals surface area contributed by atoms with Gasteiger partial charge in [0, 0.05) is 30.3 Å². The molecule has 0 aromatic carbocycles. The van der Waals surface area contributed by atoms with Gasteiger partial charge in [0.1, 0.15) is 0 Å². The molecule has 0 spiro atoms. The van der Waals surface area contributed by atoms with E-state index in [1.54, 1.807) is 18.3 Å². The quantitative estimate of drug-likeness (QED) is 0.721. The molecule has 6 heteroatoms. The van der Waals surface area contributed by atoms with Gasteiger partial charge in [-0.15, -0.1) is 11.3 Å². The van der Waals surface area contributed by atoms with E-state index < -0.39 is 0 Å². The van der Waals surface area contributed by atoms with E-state index in [4.69, 9.17) is 0 Å². The first-order chi connectivity index (χ1) is 10.2. The third-order valence-electron chi connectivity index (χ3n) is 3.21. The highest BCUT2D eigenvalue weighted by molar-refractivity contribution is 7.09. The van der Waals surface area contributed by atoms with Gasteiger partial charge in [0.25, 0.3) is 0 Å². The summed E-state index contributed by atoms with van der Waals surface area (Å²) in [7, 11) is 0. The summed E-state index contributed by atoms with van der Waals surface area (Å²) in [5, 5.41) is 18.1. The predicted molar refractivity (Wildman–Crippen MR) is 91.4 cm³/mol. The first-order valence-corrected chi connectivity index (χ1v) is 8.71. The maximum Gasteiger partial charge on any atom is 0.314 e. The van der Waals surface area contributed by atoms with Gasteiger partial charge >= 0.3 is 6.03 Å². The largest absolute Gasteiger partial charge is 0.393 e. The smallest absolute Gasteiger partial charge is 0.314 e. The number of rotatable bonds is 7. The zero-order chi connectivity index (χ0) is 16.8. The molecular weight excluding hydrogens is 298 g/mol. The van der Waals surface area contributed by atoms with Crippen LogP contribution in [0.1, 0.15) is 51.7 Å². The lowest BCUT2D eigenvalue weighted by molar-refractivity contribution is 0.163. The number of hydrogen-bond acceptors (Lipinski definition) is 4. The Kier molecular flexibility index (Phi) is 7.29. The molecule has 0 bridgehead atoms. The number of aliphatic hydroxyl groups excluding tert-OH is 1. The lowest BCUT2D eigenvalue weighted by Crippen LogP contribution is -2.39. The minimum absolute atomic E-state index is 0.0771. The van der Waals surface area contributed by atoms with E-state index in [2.05, 4.69) is 41.8 Å². The van der Waals surface area contributed by atoms with Crippen molar-refractivity contribution in [3.8, 4) is 0 Å². The molecule has 126 valence electrons. The number of carbonyl (C=O) groups is 1. The molecule has 2 atom stereocenters.